The molecule has 0 aliphatic heterocycles. The van der Waals surface area contributed by atoms with Crippen LogP contribution in [0.5, 0.6) is 5.75 Å². The van der Waals surface area contributed by atoms with E-state index in [1.54, 1.807) is 18.7 Å². The number of ether oxygens (including phenoxy) is 1. The Morgan fingerprint density at radius 3 is 2.60 bits per heavy atom. The second kappa shape index (κ2) is 4.49. The quantitative estimate of drug-likeness (QED) is 0.724. The van der Waals surface area contributed by atoms with Crippen LogP contribution in [0.15, 0.2) is 0 Å². The number of carbonyl (C=O) groups is 1. The molecular formula is C6H8ClN3O4S. The largest absolute Gasteiger partial charge is 0.426 e. The summed E-state index contributed by atoms with van der Waals surface area (Å²) >= 11 is 5.74. The molecule has 0 aliphatic carbocycles. The molecule has 15 heavy (non-hydrogen) atoms. The molecular weight excluding hydrogens is 246 g/mol. The first kappa shape index (κ1) is 11.8. The van der Waals surface area contributed by atoms with Crippen molar-refractivity contribution >= 4 is 28.6 Å². The molecule has 84 valence electrons. The van der Waals surface area contributed by atoms with Crippen LogP contribution >= 0.6 is 11.6 Å². The maximum atomic E-state index is 10.9. The first-order valence-corrected chi connectivity index (χ1v) is 5.29. The van der Waals surface area contributed by atoms with Gasteiger partial charge in [-0.15, -0.1) is 0 Å². The molecule has 0 aliphatic rings. The molecule has 0 aromatic carbocycles. The van der Waals surface area contributed by atoms with Crippen molar-refractivity contribution in [1.29, 1.82) is 0 Å². The lowest BCUT2D eigenvalue weighted by atomic mass is 10.4. The number of thiol groups is 1. The molecule has 0 radical (unpaired) electrons. The lowest BCUT2D eigenvalue weighted by molar-refractivity contribution is 0.206. The highest BCUT2D eigenvalue weighted by molar-refractivity contribution is 7.70. The van der Waals surface area contributed by atoms with E-state index in [2.05, 4.69) is 9.84 Å². The van der Waals surface area contributed by atoms with E-state index in [-0.39, 0.29) is 10.9 Å². The zero-order valence-corrected chi connectivity index (χ0v) is 9.50. The average Bonchev–Trinajstić information content (AvgIpc) is 2.31. The highest BCUT2D eigenvalue weighted by Gasteiger charge is 2.16. The van der Waals surface area contributed by atoms with Crippen molar-refractivity contribution in [2.75, 3.05) is 0 Å². The number of aromatic nitrogens is 2. The normalized spacial score (nSPS) is 10.4. The number of nitrogens with one attached hydrogen (secondary N) is 1. The Morgan fingerprint density at radius 1 is 1.60 bits per heavy atom. The predicted molar refractivity (Wildman–Crippen MR) is 52.4 cm³/mol. The molecule has 1 heterocycles. The maximum Gasteiger partial charge on any atom is 0.426 e. The SMILES string of the molecule is Cc1nn(C)c(Cl)c1OC(=O)N[SH](=O)=O. The summed E-state index contributed by atoms with van der Waals surface area (Å²) < 4.78 is 27.8. The fourth-order valence-electron chi connectivity index (χ4n) is 0.917. The summed E-state index contributed by atoms with van der Waals surface area (Å²) in [7, 11) is -1.48. The summed E-state index contributed by atoms with van der Waals surface area (Å²) in [5, 5.41) is 3.99. The number of nitrogens with zero attached hydrogens (tertiary/aromatic N) is 2. The minimum Gasteiger partial charge on any atom is -0.404 e. The molecule has 0 bridgehead atoms. The van der Waals surface area contributed by atoms with Gasteiger partial charge in [-0.2, -0.15) is 5.10 Å². The third kappa shape index (κ3) is 2.83. The number of amides is 1. The van der Waals surface area contributed by atoms with Gasteiger partial charge in [-0.3, -0.25) is 4.68 Å². The number of hydrogen-bond acceptors (Lipinski definition) is 5. The summed E-state index contributed by atoms with van der Waals surface area (Å²) in [6.07, 6.45) is -1.12. The van der Waals surface area contributed by atoms with Gasteiger partial charge in [0, 0.05) is 7.05 Å². The lowest BCUT2D eigenvalue weighted by Crippen LogP contribution is -2.25. The summed E-state index contributed by atoms with van der Waals surface area (Å²) in [4.78, 5) is 10.9. The van der Waals surface area contributed by atoms with Gasteiger partial charge in [-0.1, -0.05) is 11.6 Å². The van der Waals surface area contributed by atoms with Gasteiger partial charge in [0.1, 0.15) is 5.69 Å². The zero-order chi connectivity index (χ0) is 11.6. The van der Waals surface area contributed by atoms with Crippen molar-refractivity contribution in [1.82, 2.24) is 14.5 Å². The Bertz CT molecular complexity index is 459. The lowest BCUT2D eigenvalue weighted by Gasteiger charge is -2.00. The Kier molecular flexibility index (Phi) is 3.53. The first-order valence-electron chi connectivity index (χ1n) is 3.73. The topological polar surface area (TPSA) is 90.3 Å². The molecule has 0 saturated heterocycles. The number of aryl methyl sites for hydroxylation is 2. The van der Waals surface area contributed by atoms with Crippen LogP contribution < -0.4 is 9.46 Å². The summed E-state index contributed by atoms with van der Waals surface area (Å²) in [6, 6.07) is 0. The molecule has 0 fully saturated rings. The van der Waals surface area contributed by atoms with Gasteiger partial charge in [0.25, 0.3) is 0 Å². The third-order valence-corrected chi connectivity index (χ3v) is 2.26. The van der Waals surface area contributed by atoms with Crippen molar-refractivity contribution in [3.63, 3.8) is 0 Å². The number of halogens is 1. The van der Waals surface area contributed by atoms with E-state index in [1.807, 2.05) is 0 Å². The Labute approximate surface area is 92.1 Å². The van der Waals surface area contributed by atoms with Crippen LogP contribution in [0.3, 0.4) is 0 Å². The van der Waals surface area contributed by atoms with Crippen LogP contribution in [-0.2, 0) is 17.9 Å². The molecule has 1 rings (SSSR count). The maximum absolute atomic E-state index is 10.9. The fourth-order valence-corrected chi connectivity index (χ4v) is 1.32. The minimum absolute atomic E-state index is 0.0357. The summed E-state index contributed by atoms with van der Waals surface area (Å²) in [6.45, 7) is 1.58. The Balaban J connectivity index is 2.85. The molecule has 0 atom stereocenters. The van der Waals surface area contributed by atoms with Gasteiger partial charge < -0.3 is 4.74 Å². The molecule has 1 N–H and O–H groups in total. The Hall–Kier alpha value is -1.28. The predicted octanol–water partition coefficient (Wildman–Crippen LogP) is -0.00328. The smallest absolute Gasteiger partial charge is 0.404 e. The second-order valence-corrected chi connectivity index (χ2v) is 3.68. The van der Waals surface area contributed by atoms with Crippen molar-refractivity contribution in [3.05, 3.63) is 10.8 Å². The van der Waals surface area contributed by atoms with E-state index in [9.17, 15) is 13.2 Å². The molecule has 9 heteroatoms. The van der Waals surface area contributed by atoms with Gasteiger partial charge in [0.2, 0.25) is 10.9 Å². The van der Waals surface area contributed by atoms with Crippen molar-refractivity contribution < 1.29 is 17.9 Å². The van der Waals surface area contributed by atoms with Gasteiger partial charge in [-0.05, 0) is 6.92 Å². The number of rotatable bonds is 2. The number of hydrogen-bond donors (Lipinski definition) is 2. The van der Waals surface area contributed by atoms with E-state index in [4.69, 9.17) is 11.6 Å². The van der Waals surface area contributed by atoms with Gasteiger partial charge in [0.05, 0.1) is 0 Å². The van der Waals surface area contributed by atoms with Crippen LogP contribution in [-0.4, -0.2) is 24.3 Å². The van der Waals surface area contributed by atoms with E-state index in [1.165, 1.54) is 4.68 Å². The Morgan fingerprint density at radius 2 is 2.20 bits per heavy atom. The van der Waals surface area contributed by atoms with Crippen molar-refractivity contribution in [2.24, 2.45) is 7.05 Å². The molecule has 0 saturated carbocycles. The second-order valence-electron chi connectivity index (χ2n) is 2.59. The third-order valence-electron chi connectivity index (χ3n) is 1.48. The summed E-state index contributed by atoms with van der Waals surface area (Å²) in [5.41, 5.74) is 0.388. The van der Waals surface area contributed by atoms with Crippen LogP contribution in [0.1, 0.15) is 5.69 Å². The van der Waals surface area contributed by atoms with Crippen LogP contribution in [0.4, 0.5) is 4.79 Å². The standard InChI is InChI=1S/C6H8ClN3O4S/c1-3-4(5(7)10(2)8-3)14-6(11)9-15(12)13/h15H,1-2H3,(H,9,11,12,13). The van der Waals surface area contributed by atoms with Crippen LogP contribution in [0.2, 0.25) is 5.15 Å². The van der Waals surface area contributed by atoms with E-state index >= 15 is 0 Å². The van der Waals surface area contributed by atoms with E-state index < -0.39 is 17.0 Å². The molecule has 1 amide bonds. The minimum atomic E-state index is -3.04. The molecule has 1 aromatic heterocycles. The summed E-state index contributed by atoms with van der Waals surface area (Å²) in [5.74, 6) is 0.0357. The van der Waals surface area contributed by atoms with E-state index in [0.717, 1.165) is 0 Å². The highest BCUT2D eigenvalue weighted by atomic mass is 35.5. The average molecular weight is 254 g/mol. The van der Waals surface area contributed by atoms with Gasteiger partial charge in [-0.25, -0.2) is 17.9 Å². The molecule has 0 spiro atoms. The molecule has 0 unspecified atom stereocenters. The van der Waals surface area contributed by atoms with E-state index in [0.29, 0.717) is 5.69 Å². The fraction of sp³-hybridized carbons (Fsp3) is 0.333. The van der Waals surface area contributed by atoms with Crippen LogP contribution in [0.25, 0.3) is 0 Å². The molecule has 7 nitrogen and oxygen atoms in total. The first-order chi connectivity index (χ1) is 6.91. The highest BCUT2D eigenvalue weighted by Crippen LogP contribution is 2.27. The van der Waals surface area contributed by atoms with Crippen LogP contribution in [0, 0.1) is 6.92 Å². The van der Waals surface area contributed by atoms with Crippen molar-refractivity contribution in [2.45, 2.75) is 6.92 Å². The monoisotopic (exact) mass is 253 g/mol. The van der Waals surface area contributed by atoms with Gasteiger partial charge in [0.15, 0.2) is 10.9 Å². The number of carbonyl (C=O) groups excluding carboxylic acids is 1. The zero-order valence-electron chi connectivity index (χ0n) is 7.85. The molecule has 1 aromatic rings. The van der Waals surface area contributed by atoms with Gasteiger partial charge >= 0.3 is 6.09 Å². The van der Waals surface area contributed by atoms with Crippen molar-refractivity contribution in [3.8, 4) is 5.75 Å².